The van der Waals surface area contributed by atoms with Gasteiger partial charge in [-0.25, -0.2) is 4.79 Å². The molecule has 2 N–H and O–H groups in total. The van der Waals surface area contributed by atoms with Crippen LogP contribution < -0.4 is 4.74 Å². The van der Waals surface area contributed by atoms with E-state index < -0.39 is 5.97 Å². The van der Waals surface area contributed by atoms with E-state index in [2.05, 4.69) is 0 Å². The minimum atomic E-state index is -0.907. The van der Waals surface area contributed by atoms with Crippen LogP contribution in [0.3, 0.4) is 0 Å². The maximum absolute atomic E-state index is 10.9. The van der Waals surface area contributed by atoms with Crippen molar-refractivity contribution in [2.75, 3.05) is 6.61 Å². The molecule has 0 radical (unpaired) electrons. The molecule has 7 heteroatoms. The fraction of sp³-hybridized carbons (Fsp3) is 0.263. The lowest BCUT2D eigenvalue weighted by Gasteiger charge is -2.08. The van der Waals surface area contributed by atoms with Gasteiger partial charge < -0.3 is 14.9 Å². The van der Waals surface area contributed by atoms with Crippen molar-refractivity contribution in [1.82, 2.24) is 0 Å². The van der Waals surface area contributed by atoms with E-state index >= 15 is 0 Å². The van der Waals surface area contributed by atoms with Crippen LogP contribution in [-0.4, -0.2) is 28.6 Å². The standard InChI is InChI=1S/C11H14O3.C8H6Cl2O2/c1-3-6-14-10-5-4-9(11(12)13)7-8(10)2;1-4(11)5-2-6(9)8(12)7(10)3-5/h4-5,7H,3,6H2,1-2H3,(H,12,13);2-3,12H,1H3. The molecule has 0 aliphatic carbocycles. The second kappa shape index (κ2) is 10.0. The Morgan fingerprint density at radius 1 is 1.08 bits per heavy atom. The highest BCUT2D eigenvalue weighted by Gasteiger charge is 2.08. The Labute approximate surface area is 162 Å². The zero-order valence-electron chi connectivity index (χ0n) is 14.7. The summed E-state index contributed by atoms with van der Waals surface area (Å²) in [5.41, 5.74) is 1.55. The van der Waals surface area contributed by atoms with Gasteiger partial charge in [0, 0.05) is 5.56 Å². The number of hydrogen-bond acceptors (Lipinski definition) is 4. The average molecular weight is 399 g/mol. The number of benzene rings is 2. The number of carboxylic acids is 1. The summed E-state index contributed by atoms with van der Waals surface area (Å²) in [6, 6.07) is 7.64. The summed E-state index contributed by atoms with van der Waals surface area (Å²) >= 11 is 11.2. The van der Waals surface area contributed by atoms with Crippen LogP contribution in [0.1, 0.15) is 46.5 Å². The molecule has 0 aliphatic heterocycles. The van der Waals surface area contributed by atoms with Crippen molar-refractivity contribution in [2.45, 2.75) is 27.2 Å². The van der Waals surface area contributed by atoms with Crippen molar-refractivity contribution in [3.8, 4) is 11.5 Å². The van der Waals surface area contributed by atoms with Gasteiger partial charge in [-0.05, 0) is 56.2 Å². The molecular weight excluding hydrogens is 379 g/mol. The van der Waals surface area contributed by atoms with E-state index in [9.17, 15) is 9.59 Å². The van der Waals surface area contributed by atoms with E-state index in [4.69, 9.17) is 38.2 Å². The Bertz CT molecular complexity index is 780. The Balaban J connectivity index is 0.000000263. The van der Waals surface area contributed by atoms with Crippen molar-refractivity contribution in [3.05, 3.63) is 57.1 Å². The number of Topliss-reactive ketones (excluding diaryl/α,β-unsaturated/α-hetero) is 1. The first kappa shape index (κ1) is 21.8. The van der Waals surface area contributed by atoms with Crippen molar-refractivity contribution in [1.29, 1.82) is 0 Å². The molecule has 2 aromatic carbocycles. The SMILES string of the molecule is CC(=O)c1cc(Cl)c(O)c(Cl)c1.CCCOc1ccc(C(=O)O)cc1C. The first-order valence-electron chi connectivity index (χ1n) is 7.83. The number of halogens is 2. The number of ketones is 1. The number of hydrogen-bond donors (Lipinski definition) is 2. The Morgan fingerprint density at radius 3 is 2.08 bits per heavy atom. The number of carbonyl (C=O) groups is 2. The van der Waals surface area contributed by atoms with Crippen LogP contribution in [0.5, 0.6) is 11.5 Å². The molecule has 0 aliphatic rings. The Morgan fingerprint density at radius 2 is 1.65 bits per heavy atom. The van der Waals surface area contributed by atoms with Gasteiger partial charge in [-0.15, -0.1) is 0 Å². The molecule has 0 amide bonds. The number of phenols is 1. The summed E-state index contributed by atoms with van der Waals surface area (Å²) in [6.45, 7) is 5.94. The molecule has 0 atom stereocenters. The van der Waals surface area contributed by atoms with Crippen molar-refractivity contribution >= 4 is 35.0 Å². The summed E-state index contributed by atoms with van der Waals surface area (Å²) in [5, 5.41) is 18.1. The third kappa shape index (κ3) is 6.24. The van der Waals surface area contributed by atoms with Crippen LogP contribution in [0.25, 0.3) is 0 Å². The van der Waals surface area contributed by atoms with Crippen LogP contribution in [-0.2, 0) is 0 Å². The molecule has 26 heavy (non-hydrogen) atoms. The monoisotopic (exact) mass is 398 g/mol. The Hall–Kier alpha value is -2.24. The largest absolute Gasteiger partial charge is 0.505 e. The van der Waals surface area contributed by atoms with E-state index in [1.54, 1.807) is 18.2 Å². The van der Waals surface area contributed by atoms with Crippen LogP contribution in [0, 0.1) is 6.92 Å². The Kier molecular flexibility index (Phi) is 8.42. The molecule has 5 nitrogen and oxygen atoms in total. The number of ether oxygens (including phenoxy) is 1. The van der Waals surface area contributed by atoms with Crippen LogP contribution in [0.4, 0.5) is 0 Å². The van der Waals surface area contributed by atoms with Gasteiger partial charge in [-0.3, -0.25) is 4.79 Å². The van der Waals surface area contributed by atoms with Gasteiger partial charge in [0.15, 0.2) is 11.5 Å². The van der Waals surface area contributed by atoms with E-state index in [-0.39, 0.29) is 21.6 Å². The van der Waals surface area contributed by atoms with E-state index in [1.807, 2.05) is 13.8 Å². The molecule has 0 unspecified atom stereocenters. The topological polar surface area (TPSA) is 83.8 Å². The molecule has 0 saturated heterocycles. The van der Waals surface area contributed by atoms with Gasteiger partial charge in [-0.1, -0.05) is 30.1 Å². The third-order valence-electron chi connectivity index (χ3n) is 3.31. The van der Waals surface area contributed by atoms with Gasteiger partial charge >= 0.3 is 5.97 Å². The minimum Gasteiger partial charge on any atom is -0.505 e. The van der Waals surface area contributed by atoms with Crippen molar-refractivity contribution in [2.24, 2.45) is 0 Å². The highest BCUT2D eigenvalue weighted by atomic mass is 35.5. The molecular formula is C19H20Cl2O5. The number of aromatic carboxylic acids is 1. The normalized spacial score (nSPS) is 9.88. The fourth-order valence-electron chi connectivity index (χ4n) is 1.93. The number of phenolic OH excluding ortho intramolecular Hbond substituents is 1. The third-order valence-corrected chi connectivity index (χ3v) is 3.88. The van der Waals surface area contributed by atoms with Crippen molar-refractivity contribution < 1.29 is 24.5 Å². The molecule has 2 rings (SSSR count). The molecule has 0 spiro atoms. The van der Waals surface area contributed by atoms with Gasteiger partial charge in [0.1, 0.15) is 5.75 Å². The molecule has 0 fully saturated rings. The summed E-state index contributed by atoms with van der Waals surface area (Å²) in [6.07, 6.45) is 0.945. The average Bonchev–Trinajstić information content (AvgIpc) is 2.58. The van der Waals surface area contributed by atoms with Gasteiger partial charge in [0.25, 0.3) is 0 Å². The first-order valence-corrected chi connectivity index (χ1v) is 8.58. The summed E-state index contributed by atoms with van der Waals surface area (Å²) in [4.78, 5) is 21.5. The van der Waals surface area contributed by atoms with Crippen LogP contribution in [0.2, 0.25) is 10.0 Å². The maximum Gasteiger partial charge on any atom is 0.335 e. The molecule has 0 heterocycles. The smallest absolute Gasteiger partial charge is 0.335 e. The number of carbonyl (C=O) groups excluding carboxylic acids is 1. The van der Waals surface area contributed by atoms with Gasteiger partial charge in [0.2, 0.25) is 0 Å². The zero-order chi connectivity index (χ0) is 19.9. The fourth-order valence-corrected chi connectivity index (χ4v) is 2.41. The summed E-state index contributed by atoms with van der Waals surface area (Å²) in [5.74, 6) is -0.478. The van der Waals surface area contributed by atoms with Crippen LogP contribution in [0.15, 0.2) is 30.3 Å². The summed E-state index contributed by atoms with van der Waals surface area (Å²) in [7, 11) is 0. The lowest BCUT2D eigenvalue weighted by molar-refractivity contribution is 0.0696. The highest BCUT2D eigenvalue weighted by Crippen LogP contribution is 2.32. The number of rotatable bonds is 5. The van der Waals surface area contributed by atoms with Gasteiger partial charge in [0.05, 0.1) is 22.2 Å². The maximum atomic E-state index is 10.9. The number of aryl methyl sites for hydroxylation is 1. The second-order valence-electron chi connectivity index (χ2n) is 5.48. The predicted octanol–water partition coefficient (Wildman–Crippen LogP) is 5.38. The molecule has 0 saturated carbocycles. The molecule has 140 valence electrons. The number of aromatic hydroxyl groups is 1. The quantitative estimate of drug-likeness (QED) is 0.660. The number of carboxylic acid groups (broad SMARTS) is 1. The molecule has 0 bridgehead atoms. The van der Waals surface area contributed by atoms with Crippen LogP contribution >= 0.6 is 23.2 Å². The lowest BCUT2D eigenvalue weighted by Crippen LogP contribution is -2.00. The lowest BCUT2D eigenvalue weighted by atomic mass is 10.1. The van der Waals surface area contributed by atoms with E-state index in [1.165, 1.54) is 19.1 Å². The molecule has 2 aromatic rings. The highest BCUT2D eigenvalue weighted by molar-refractivity contribution is 6.37. The molecule has 0 aromatic heterocycles. The first-order chi connectivity index (χ1) is 12.2. The minimum absolute atomic E-state index is 0.0905. The van der Waals surface area contributed by atoms with E-state index in [0.717, 1.165) is 17.7 Å². The zero-order valence-corrected chi connectivity index (χ0v) is 16.2. The second-order valence-corrected chi connectivity index (χ2v) is 6.29. The van der Waals surface area contributed by atoms with Gasteiger partial charge in [-0.2, -0.15) is 0 Å². The predicted molar refractivity (Wildman–Crippen MR) is 102 cm³/mol. The summed E-state index contributed by atoms with van der Waals surface area (Å²) < 4.78 is 5.43. The van der Waals surface area contributed by atoms with Crippen molar-refractivity contribution in [3.63, 3.8) is 0 Å². The van der Waals surface area contributed by atoms with E-state index in [0.29, 0.717) is 17.7 Å².